The third-order valence-electron chi connectivity index (χ3n) is 6.03. The molecule has 0 bridgehead atoms. The molecule has 2 saturated heterocycles. The van der Waals surface area contributed by atoms with Crippen LogP contribution in [0.2, 0.25) is 10.0 Å². The quantitative estimate of drug-likeness (QED) is 0.482. The van der Waals surface area contributed by atoms with Crippen molar-refractivity contribution in [3.63, 3.8) is 0 Å². The second kappa shape index (κ2) is 10.2. The summed E-state index contributed by atoms with van der Waals surface area (Å²) in [6.45, 7) is 3.86. The van der Waals surface area contributed by atoms with Gasteiger partial charge in [-0.2, -0.15) is 28.1 Å². The van der Waals surface area contributed by atoms with Crippen LogP contribution in [0.5, 0.6) is 0 Å². The second-order valence-electron chi connectivity index (χ2n) is 8.33. The van der Waals surface area contributed by atoms with Crippen molar-refractivity contribution >= 4 is 40.9 Å². The van der Waals surface area contributed by atoms with E-state index in [0.29, 0.717) is 85.8 Å². The van der Waals surface area contributed by atoms with E-state index >= 15 is 0 Å². The minimum atomic E-state index is -4.48. The Morgan fingerprint density at radius 2 is 1.44 bits per heavy atom. The Labute approximate surface area is 215 Å². The minimum Gasteiger partial charge on any atom is -0.378 e. The number of halogens is 5. The Kier molecular flexibility index (Phi) is 7.05. The largest absolute Gasteiger partial charge is 0.419 e. The maximum Gasteiger partial charge on any atom is 0.419 e. The van der Waals surface area contributed by atoms with Gasteiger partial charge in [-0.1, -0.05) is 23.2 Å². The van der Waals surface area contributed by atoms with E-state index in [9.17, 15) is 13.2 Å². The van der Waals surface area contributed by atoms with E-state index in [4.69, 9.17) is 32.9 Å². The molecule has 2 aliphatic heterocycles. The van der Waals surface area contributed by atoms with E-state index in [-0.39, 0.29) is 5.82 Å². The summed E-state index contributed by atoms with van der Waals surface area (Å²) in [6, 6.07) is 7.44. The Hall–Kier alpha value is -2.89. The van der Waals surface area contributed by atoms with Crippen molar-refractivity contribution in [2.45, 2.75) is 6.18 Å². The van der Waals surface area contributed by atoms with Gasteiger partial charge < -0.3 is 19.4 Å². The predicted octanol–water partition coefficient (Wildman–Crippen LogP) is 4.42. The number of aromatic nitrogens is 4. The van der Waals surface area contributed by atoms with Crippen molar-refractivity contribution in [3.8, 4) is 11.4 Å². The Balaban J connectivity index is 1.43. The van der Waals surface area contributed by atoms with Crippen LogP contribution >= 0.6 is 23.2 Å². The summed E-state index contributed by atoms with van der Waals surface area (Å²) in [5, 5.41) is 0.905. The van der Waals surface area contributed by atoms with E-state index < -0.39 is 11.7 Å². The molecule has 0 saturated carbocycles. The highest BCUT2D eigenvalue weighted by Crippen LogP contribution is 2.36. The molecule has 0 spiro atoms. The Bertz CT molecular complexity index is 1230. The maximum absolute atomic E-state index is 13.5. The summed E-state index contributed by atoms with van der Waals surface area (Å²) in [5.74, 6) is 1.26. The molecule has 0 unspecified atom stereocenters. The van der Waals surface area contributed by atoms with Crippen LogP contribution in [0.15, 0.2) is 36.5 Å². The minimum absolute atomic E-state index is 0.0667. The number of morpholine rings is 1. The van der Waals surface area contributed by atoms with E-state index in [1.54, 1.807) is 23.1 Å². The molecule has 8 nitrogen and oxygen atoms in total. The molecule has 0 aliphatic carbocycles. The average Bonchev–Trinajstić information content (AvgIpc) is 2.88. The zero-order chi connectivity index (χ0) is 25.3. The number of nitrogens with zero attached hydrogens (tertiary/aromatic N) is 7. The zero-order valence-corrected chi connectivity index (χ0v) is 20.6. The van der Waals surface area contributed by atoms with Gasteiger partial charge in [0, 0.05) is 56.1 Å². The lowest BCUT2D eigenvalue weighted by atomic mass is 10.2. The van der Waals surface area contributed by atoms with E-state index in [2.05, 4.69) is 15.0 Å². The van der Waals surface area contributed by atoms with E-state index in [1.807, 2.05) is 9.80 Å². The van der Waals surface area contributed by atoms with Gasteiger partial charge in [0.25, 0.3) is 0 Å². The highest BCUT2D eigenvalue weighted by Gasteiger charge is 2.36. The van der Waals surface area contributed by atoms with Crippen LogP contribution in [-0.4, -0.2) is 72.4 Å². The van der Waals surface area contributed by atoms with Gasteiger partial charge in [-0.15, -0.1) is 0 Å². The zero-order valence-electron chi connectivity index (χ0n) is 19.0. The molecule has 2 aromatic heterocycles. The van der Waals surface area contributed by atoms with Crippen molar-refractivity contribution < 1.29 is 17.9 Å². The first-order chi connectivity index (χ1) is 17.3. The molecule has 2 fully saturated rings. The second-order valence-corrected chi connectivity index (χ2v) is 9.17. The molecule has 190 valence electrons. The first-order valence-corrected chi connectivity index (χ1v) is 12.1. The summed E-state index contributed by atoms with van der Waals surface area (Å²) in [4.78, 5) is 23.6. The molecule has 0 atom stereocenters. The van der Waals surface area contributed by atoms with Crippen molar-refractivity contribution in [1.29, 1.82) is 0 Å². The molecule has 0 N–H and O–H groups in total. The standard InChI is InChI=1S/C23H22Cl2F3N7O/c24-15-3-4-16(18(25)14-15)19-30-21(32-22(31-19)35-10-12-36-13-11-35)34-8-6-33(7-9-34)20-17(23(26,27)28)2-1-5-29-20/h1-5,14H,6-13H2. The van der Waals surface area contributed by atoms with Crippen LogP contribution in [0.3, 0.4) is 0 Å². The van der Waals surface area contributed by atoms with Crippen molar-refractivity contribution in [1.82, 2.24) is 19.9 Å². The normalized spacial score (nSPS) is 17.0. The van der Waals surface area contributed by atoms with Gasteiger partial charge in [-0.25, -0.2) is 4.98 Å². The summed E-state index contributed by atoms with van der Waals surface area (Å²) in [6.07, 6.45) is -3.10. The molecule has 5 rings (SSSR count). The molecule has 4 heterocycles. The van der Waals surface area contributed by atoms with Crippen molar-refractivity contribution in [2.24, 2.45) is 0 Å². The third kappa shape index (κ3) is 5.28. The Morgan fingerprint density at radius 1 is 0.806 bits per heavy atom. The number of hydrogen-bond donors (Lipinski definition) is 0. The van der Waals surface area contributed by atoms with Crippen LogP contribution in [0, 0.1) is 0 Å². The van der Waals surface area contributed by atoms with Gasteiger partial charge in [0.05, 0.1) is 23.8 Å². The van der Waals surface area contributed by atoms with Gasteiger partial charge in [-0.3, -0.25) is 0 Å². The highest BCUT2D eigenvalue weighted by atomic mass is 35.5. The topological polar surface area (TPSA) is 70.5 Å². The third-order valence-corrected chi connectivity index (χ3v) is 6.58. The molecule has 0 amide bonds. The maximum atomic E-state index is 13.5. The average molecular weight is 540 g/mol. The fraction of sp³-hybridized carbons (Fsp3) is 0.391. The van der Waals surface area contributed by atoms with Crippen LogP contribution in [0.25, 0.3) is 11.4 Å². The molecule has 36 heavy (non-hydrogen) atoms. The first-order valence-electron chi connectivity index (χ1n) is 11.4. The lowest BCUT2D eigenvalue weighted by Crippen LogP contribution is -2.48. The molecular weight excluding hydrogens is 518 g/mol. The monoisotopic (exact) mass is 539 g/mol. The number of hydrogen-bond acceptors (Lipinski definition) is 8. The fourth-order valence-corrected chi connectivity index (χ4v) is 4.67. The molecule has 3 aromatic rings. The number of pyridine rings is 1. The number of benzene rings is 1. The van der Waals surface area contributed by atoms with Gasteiger partial charge in [-0.05, 0) is 30.3 Å². The lowest BCUT2D eigenvalue weighted by molar-refractivity contribution is -0.137. The lowest BCUT2D eigenvalue weighted by Gasteiger charge is -2.36. The van der Waals surface area contributed by atoms with Crippen LogP contribution < -0.4 is 14.7 Å². The summed E-state index contributed by atoms with van der Waals surface area (Å²) >= 11 is 12.5. The molecule has 1 aromatic carbocycles. The summed E-state index contributed by atoms with van der Waals surface area (Å²) in [7, 11) is 0. The molecule has 2 aliphatic rings. The summed E-state index contributed by atoms with van der Waals surface area (Å²) in [5.41, 5.74) is -0.131. The number of alkyl halides is 3. The van der Waals surface area contributed by atoms with Crippen LogP contribution in [0.4, 0.5) is 30.9 Å². The Morgan fingerprint density at radius 3 is 2.08 bits per heavy atom. The smallest absolute Gasteiger partial charge is 0.378 e. The van der Waals surface area contributed by atoms with Gasteiger partial charge in [0.2, 0.25) is 11.9 Å². The van der Waals surface area contributed by atoms with Gasteiger partial charge in [0.15, 0.2) is 5.82 Å². The molecule has 0 radical (unpaired) electrons. The van der Waals surface area contributed by atoms with E-state index in [1.165, 1.54) is 12.3 Å². The predicted molar refractivity (Wildman–Crippen MR) is 132 cm³/mol. The number of rotatable bonds is 4. The molecular formula is C23H22Cl2F3N7O. The number of piperazine rings is 1. The van der Waals surface area contributed by atoms with Crippen LogP contribution in [0.1, 0.15) is 5.56 Å². The molecule has 13 heteroatoms. The van der Waals surface area contributed by atoms with Crippen molar-refractivity contribution in [3.05, 3.63) is 52.1 Å². The van der Waals surface area contributed by atoms with Crippen molar-refractivity contribution in [2.75, 3.05) is 67.2 Å². The fourth-order valence-electron chi connectivity index (χ4n) is 4.18. The van der Waals surface area contributed by atoms with Gasteiger partial charge >= 0.3 is 6.18 Å². The number of ether oxygens (including phenoxy) is 1. The van der Waals surface area contributed by atoms with Crippen LogP contribution in [-0.2, 0) is 10.9 Å². The summed E-state index contributed by atoms with van der Waals surface area (Å²) < 4.78 is 45.9. The SMILES string of the molecule is FC(F)(F)c1cccnc1N1CCN(c2nc(-c3ccc(Cl)cc3Cl)nc(N3CCOCC3)n2)CC1. The first kappa shape index (κ1) is 24.8. The van der Waals surface area contributed by atoms with Gasteiger partial charge in [0.1, 0.15) is 5.82 Å². The number of anilines is 3. The highest BCUT2D eigenvalue weighted by molar-refractivity contribution is 6.36. The van der Waals surface area contributed by atoms with E-state index in [0.717, 1.165) is 6.07 Å².